The van der Waals surface area contributed by atoms with Crippen molar-refractivity contribution in [1.29, 1.82) is 0 Å². The van der Waals surface area contributed by atoms with Crippen LogP contribution in [0.1, 0.15) is 5.56 Å². The van der Waals surface area contributed by atoms with Crippen molar-refractivity contribution >= 4 is 33.8 Å². The minimum atomic E-state index is 0.599. The standard InChI is InChI=1S/C18H16N4OS/c1-12-5-4-6-13(11-12)23-9-10-24-18-20-17-16(21-22-18)14-7-2-3-8-15(14)19-17/h2-8,11H,9-10H2,1H3,(H,19,20,22). The SMILES string of the molecule is Cc1cccc(OCCSc2nnc3c(n2)[nH]c2ccccc23)c1. The van der Waals surface area contributed by atoms with Gasteiger partial charge in [-0.3, -0.25) is 0 Å². The number of ether oxygens (including phenoxy) is 1. The third-order valence-corrected chi connectivity index (χ3v) is 4.48. The third kappa shape index (κ3) is 3.05. The Bertz CT molecular complexity index is 999. The Hall–Kier alpha value is -2.60. The van der Waals surface area contributed by atoms with Crippen LogP contribution in [0.2, 0.25) is 0 Å². The number of rotatable bonds is 5. The normalized spacial score (nSPS) is 11.2. The van der Waals surface area contributed by atoms with E-state index in [1.165, 1.54) is 17.3 Å². The summed E-state index contributed by atoms with van der Waals surface area (Å²) in [6, 6.07) is 16.1. The molecule has 0 bridgehead atoms. The minimum absolute atomic E-state index is 0.599. The summed E-state index contributed by atoms with van der Waals surface area (Å²) < 4.78 is 5.74. The van der Waals surface area contributed by atoms with Crippen LogP contribution >= 0.6 is 11.8 Å². The number of hydrogen-bond acceptors (Lipinski definition) is 5. The van der Waals surface area contributed by atoms with Gasteiger partial charge in [0.25, 0.3) is 0 Å². The van der Waals surface area contributed by atoms with Crippen LogP contribution in [0.3, 0.4) is 0 Å². The Morgan fingerprint density at radius 1 is 1.08 bits per heavy atom. The summed E-state index contributed by atoms with van der Waals surface area (Å²) in [5, 5.41) is 10.2. The smallest absolute Gasteiger partial charge is 0.211 e. The van der Waals surface area contributed by atoms with Gasteiger partial charge < -0.3 is 9.72 Å². The molecular weight excluding hydrogens is 320 g/mol. The van der Waals surface area contributed by atoms with E-state index in [-0.39, 0.29) is 0 Å². The predicted molar refractivity (Wildman–Crippen MR) is 96.6 cm³/mol. The molecular formula is C18H16N4OS. The summed E-state index contributed by atoms with van der Waals surface area (Å²) >= 11 is 1.54. The Morgan fingerprint density at radius 2 is 2.00 bits per heavy atom. The summed E-state index contributed by atoms with van der Waals surface area (Å²) in [6.45, 7) is 2.65. The van der Waals surface area contributed by atoms with Crippen LogP contribution in [0.15, 0.2) is 53.7 Å². The van der Waals surface area contributed by atoms with Gasteiger partial charge in [0.1, 0.15) is 11.3 Å². The van der Waals surface area contributed by atoms with Crippen LogP contribution in [-0.2, 0) is 0 Å². The van der Waals surface area contributed by atoms with Gasteiger partial charge in [0.15, 0.2) is 5.65 Å². The number of nitrogens with one attached hydrogen (secondary N) is 1. The van der Waals surface area contributed by atoms with Crippen LogP contribution in [0.5, 0.6) is 5.75 Å². The monoisotopic (exact) mass is 336 g/mol. The maximum Gasteiger partial charge on any atom is 0.211 e. The zero-order valence-corrected chi connectivity index (χ0v) is 14.0. The zero-order chi connectivity index (χ0) is 16.4. The quantitative estimate of drug-likeness (QED) is 0.441. The largest absolute Gasteiger partial charge is 0.493 e. The van der Waals surface area contributed by atoms with E-state index in [0.29, 0.717) is 11.8 Å². The molecule has 6 heteroatoms. The van der Waals surface area contributed by atoms with E-state index in [2.05, 4.69) is 33.2 Å². The number of H-pyrrole nitrogens is 1. The maximum atomic E-state index is 5.74. The van der Waals surface area contributed by atoms with E-state index in [1.807, 2.05) is 42.5 Å². The van der Waals surface area contributed by atoms with Crippen molar-refractivity contribution in [2.75, 3.05) is 12.4 Å². The number of para-hydroxylation sites is 1. The second-order valence-corrected chi connectivity index (χ2v) is 6.54. The van der Waals surface area contributed by atoms with Gasteiger partial charge in [-0.25, -0.2) is 4.98 Å². The molecule has 0 fully saturated rings. The van der Waals surface area contributed by atoms with Crippen molar-refractivity contribution in [3.05, 3.63) is 54.1 Å². The molecule has 0 aliphatic heterocycles. The lowest BCUT2D eigenvalue weighted by atomic mass is 10.2. The first kappa shape index (κ1) is 15.0. The number of benzene rings is 2. The van der Waals surface area contributed by atoms with Crippen molar-refractivity contribution in [3.8, 4) is 5.75 Å². The molecule has 120 valence electrons. The molecule has 2 heterocycles. The van der Waals surface area contributed by atoms with Gasteiger partial charge in [-0.2, -0.15) is 0 Å². The first-order valence-corrected chi connectivity index (χ1v) is 8.71. The van der Waals surface area contributed by atoms with Gasteiger partial charge >= 0.3 is 0 Å². The van der Waals surface area contributed by atoms with E-state index < -0.39 is 0 Å². The molecule has 4 aromatic rings. The number of aromatic amines is 1. The molecule has 0 spiro atoms. The molecule has 0 saturated carbocycles. The number of hydrogen-bond donors (Lipinski definition) is 1. The van der Waals surface area contributed by atoms with Gasteiger partial charge in [0, 0.05) is 16.7 Å². The van der Waals surface area contributed by atoms with Crippen LogP contribution in [0.4, 0.5) is 0 Å². The molecule has 0 unspecified atom stereocenters. The van der Waals surface area contributed by atoms with E-state index in [1.54, 1.807) is 0 Å². The molecule has 0 aliphatic rings. The van der Waals surface area contributed by atoms with E-state index in [4.69, 9.17) is 4.74 Å². The lowest BCUT2D eigenvalue weighted by molar-refractivity contribution is 0.343. The number of fused-ring (bicyclic) bond motifs is 3. The first-order valence-electron chi connectivity index (χ1n) is 7.73. The molecule has 0 atom stereocenters. The van der Waals surface area contributed by atoms with Crippen LogP contribution in [0, 0.1) is 6.92 Å². The summed E-state index contributed by atoms with van der Waals surface area (Å²) in [5.74, 6) is 1.65. The van der Waals surface area contributed by atoms with Crippen LogP contribution in [0.25, 0.3) is 22.1 Å². The van der Waals surface area contributed by atoms with Gasteiger partial charge in [-0.1, -0.05) is 42.1 Å². The average molecular weight is 336 g/mol. The van der Waals surface area contributed by atoms with E-state index >= 15 is 0 Å². The molecule has 24 heavy (non-hydrogen) atoms. The molecule has 5 nitrogen and oxygen atoms in total. The van der Waals surface area contributed by atoms with Crippen molar-refractivity contribution in [1.82, 2.24) is 20.2 Å². The fourth-order valence-corrected chi connectivity index (χ4v) is 3.17. The molecule has 0 saturated heterocycles. The average Bonchev–Trinajstić information content (AvgIpc) is 2.96. The molecule has 2 aromatic carbocycles. The second kappa shape index (κ2) is 6.49. The summed E-state index contributed by atoms with van der Waals surface area (Å²) in [7, 11) is 0. The predicted octanol–water partition coefficient (Wildman–Crippen LogP) is 3.99. The number of nitrogens with zero attached hydrogens (tertiary/aromatic N) is 3. The van der Waals surface area contributed by atoms with Gasteiger partial charge in [-0.05, 0) is 30.7 Å². The summed E-state index contributed by atoms with van der Waals surface area (Å²) in [6.07, 6.45) is 0. The molecule has 4 rings (SSSR count). The Kier molecular flexibility index (Phi) is 4.04. The van der Waals surface area contributed by atoms with Crippen molar-refractivity contribution < 1.29 is 4.74 Å². The highest BCUT2D eigenvalue weighted by molar-refractivity contribution is 7.99. The van der Waals surface area contributed by atoms with Gasteiger partial charge in [-0.15, -0.1) is 10.2 Å². The topological polar surface area (TPSA) is 63.7 Å². The summed E-state index contributed by atoms with van der Waals surface area (Å²) in [4.78, 5) is 7.83. The third-order valence-electron chi connectivity index (χ3n) is 3.68. The maximum absolute atomic E-state index is 5.74. The fourth-order valence-electron chi connectivity index (χ4n) is 2.56. The highest BCUT2D eigenvalue weighted by atomic mass is 32.2. The van der Waals surface area contributed by atoms with E-state index in [9.17, 15) is 0 Å². The number of aryl methyl sites for hydroxylation is 1. The zero-order valence-electron chi connectivity index (χ0n) is 13.2. The van der Waals surface area contributed by atoms with Crippen molar-refractivity contribution in [3.63, 3.8) is 0 Å². The second-order valence-electron chi connectivity index (χ2n) is 5.48. The first-order chi connectivity index (χ1) is 11.8. The van der Waals surface area contributed by atoms with E-state index in [0.717, 1.165) is 33.6 Å². The van der Waals surface area contributed by atoms with Crippen molar-refractivity contribution in [2.24, 2.45) is 0 Å². The number of thioether (sulfide) groups is 1. The number of aromatic nitrogens is 4. The Labute approximate surface area is 143 Å². The Balaban J connectivity index is 1.42. The molecule has 1 N–H and O–H groups in total. The van der Waals surface area contributed by atoms with Crippen LogP contribution < -0.4 is 4.74 Å². The minimum Gasteiger partial charge on any atom is -0.493 e. The Morgan fingerprint density at radius 3 is 2.92 bits per heavy atom. The van der Waals surface area contributed by atoms with Crippen molar-refractivity contribution in [2.45, 2.75) is 12.1 Å². The lowest BCUT2D eigenvalue weighted by Crippen LogP contribution is -2.01. The van der Waals surface area contributed by atoms with Gasteiger partial charge in [0.05, 0.1) is 6.61 Å². The summed E-state index contributed by atoms with van der Waals surface area (Å²) in [5.41, 5.74) is 3.80. The lowest BCUT2D eigenvalue weighted by Gasteiger charge is -2.05. The highest BCUT2D eigenvalue weighted by Gasteiger charge is 2.08. The molecule has 0 radical (unpaired) electrons. The molecule has 0 amide bonds. The highest BCUT2D eigenvalue weighted by Crippen LogP contribution is 2.23. The molecule has 2 aromatic heterocycles. The van der Waals surface area contributed by atoms with Crippen LogP contribution in [-0.4, -0.2) is 32.5 Å². The fraction of sp³-hybridized carbons (Fsp3) is 0.167. The van der Waals surface area contributed by atoms with Gasteiger partial charge in [0.2, 0.25) is 5.16 Å². The molecule has 0 aliphatic carbocycles.